The normalized spacial score (nSPS) is 15.8. The third-order valence-corrected chi connectivity index (χ3v) is 6.45. The van der Waals surface area contributed by atoms with Crippen molar-refractivity contribution in [2.24, 2.45) is 0 Å². The van der Waals surface area contributed by atoms with Crippen molar-refractivity contribution in [2.75, 3.05) is 42.1 Å². The van der Waals surface area contributed by atoms with Crippen molar-refractivity contribution in [3.63, 3.8) is 0 Å². The average Bonchev–Trinajstić information content (AvgIpc) is 2.63. The number of carbonyl (C=O) groups excluding carboxylic acids is 1. The third-order valence-electron chi connectivity index (χ3n) is 4.58. The second-order valence-electron chi connectivity index (χ2n) is 6.29. The number of nitrogens with zero attached hydrogens (tertiary/aromatic N) is 2. The molecule has 1 heterocycles. The van der Waals surface area contributed by atoms with Crippen molar-refractivity contribution >= 4 is 27.3 Å². The summed E-state index contributed by atoms with van der Waals surface area (Å²) >= 11 is 0. The van der Waals surface area contributed by atoms with Crippen LogP contribution in [-0.4, -0.2) is 50.6 Å². The van der Waals surface area contributed by atoms with Crippen LogP contribution in [0.25, 0.3) is 0 Å². The molecule has 7 heteroatoms. The van der Waals surface area contributed by atoms with E-state index in [0.717, 1.165) is 38.0 Å². The molecule has 1 aromatic carbocycles. The van der Waals surface area contributed by atoms with E-state index in [-0.39, 0.29) is 18.1 Å². The summed E-state index contributed by atoms with van der Waals surface area (Å²) in [7, 11) is -3.33. The van der Waals surface area contributed by atoms with Crippen LogP contribution < -0.4 is 10.2 Å². The Morgan fingerprint density at radius 2 is 1.68 bits per heavy atom. The highest BCUT2D eigenvalue weighted by Crippen LogP contribution is 2.18. The van der Waals surface area contributed by atoms with Crippen LogP contribution >= 0.6 is 0 Å². The Morgan fingerprint density at radius 3 is 2.24 bits per heavy atom. The maximum atomic E-state index is 12.3. The molecule has 25 heavy (non-hydrogen) atoms. The van der Waals surface area contributed by atoms with Gasteiger partial charge in [-0.1, -0.05) is 6.42 Å². The van der Waals surface area contributed by atoms with Gasteiger partial charge in [0, 0.05) is 44.0 Å². The Morgan fingerprint density at radius 1 is 1.08 bits per heavy atom. The van der Waals surface area contributed by atoms with Crippen molar-refractivity contribution in [2.45, 2.75) is 39.5 Å². The van der Waals surface area contributed by atoms with E-state index in [1.807, 2.05) is 24.3 Å². The number of piperidine rings is 1. The minimum atomic E-state index is -3.33. The van der Waals surface area contributed by atoms with Crippen molar-refractivity contribution in [3.05, 3.63) is 24.3 Å². The van der Waals surface area contributed by atoms with Crippen LogP contribution in [0.15, 0.2) is 24.3 Å². The van der Waals surface area contributed by atoms with E-state index in [2.05, 4.69) is 24.1 Å². The lowest BCUT2D eigenvalue weighted by Gasteiger charge is -2.25. The quantitative estimate of drug-likeness (QED) is 0.767. The molecule has 140 valence electrons. The predicted octanol–water partition coefficient (Wildman–Crippen LogP) is 2.68. The number of benzene rings is 1. The smallest absolute Gasteiger partial charge is 0.225 e. The summed E-state index contributed by atoms with van der Waals surface area (Å²) < 4.78 is 26.1. The van der Waals surface area contributed by atoms with Crippen LogP contribution in [0.2, 0.25) is 0 Å². The van der Waals surface area contributed by atoms with E-state index in [0.29, 0.717) is 18.8 Å². The first-order valence-corrected chi connectivity index (χ1v) is 10.7. The van der Waals surface area contributed by atoms with Gasteiger partial charge in [0.25, 0.3) is 0 Å². The average molecular weight is 368 g/mol. The molecule has 0 aliphatic carbocycles. The number of rotatable bonds is 8. The Hall–Kier alpha value is -1.60. The zero-order valence-corrected chi connectivity index (χ0v) is 16.0. The molecule has 0 aromatic heterocycles. The number of hydrogen-bond acceptors (Lipinski definition) is 4. The molecule has 0 spiro atoms. The molecule has 0 atom stereocenters. The van der Waals surface area contributed by atoms with E-state index in [4.69, 9.17) is 0 Å². The van der Waals surface area contributed by atoms with E-state index in [9.17, 15) is 13.2 Å². The fraction of sp³-hybridized carbons (Fsp3) is 0.611. The van der Waals surface area contributed by atoms with Gasteiger partial charge in [-0.2, -0.15) is 0 Å². The van der Waals surface area contributed by atoms with Crippen molar-refractivity contribution in [1.29, 1.82) is 0 Å². The first kappa shape index (κ1) is 19.7. The van der Waals surface area contributed by atoms with Crippen LogP contribution in [0.4, 0.5) is 11.4 Å². The van der Waals surface area contributed by atoms with Gasteiger partial charge >= 0.3 is 0 Å². The summed E-state index contributed by atoms with van der Waals surface area (Å²) in [5.74, 6) is -0.396. The Bertz CT molecular complexity index is 649. The maximum absolute atomic E-state index is 12.3. The number of anilines is 2. The summed E-state index contributed by atoms with van der Waals surface area (Å²) in [5, 5.41) is 2.78. The number of sulfonamides is 1. The molecule has 1 saturated heterocycles. The number of carbonyl (C=O) groups is 1. The molecule has 1 fully saturated rings. The highest BCUT2D eigenvalue weighted by molar-refractivity contribution is 7.89. The molecule has 1 aromatic rings. The maximum Gasteiger partial charge on any atom is 0.225 e. The van der Waals surface area contributed by atoms with Crippen LogP contribution in [0.5, 0.6) is 0 Å². The molecule has 0 bridgehead atoms. The van der Waals surface area contributed by atoms with Crippen LogP contribution in [-0.2, 0) is 14.8 Å². The lowest BCUT2D eigenvalue weighted by molar-refractivity contribution is -0.115. The minimum absolute atomic E-state index is 0.0172. The monoisotopic (exact) mass is 367 g/mol. The first-order valence-electron chi connectivity index (χ1n) is 9.09. The van der Waals surface area contributed by atoms with E-state index in [1.165, 1.54) is 4.31 Å². The standard InChI is InChI=1S/C18H29N3O3S/c1-3-20(4-2)17-10-8-16(9-11-17)19-18(22)12-15-25(23,24)21-13-6-5-7-14-21/h8-11H,3-7,12-15H2,1-2H3,(H,19,22). The fourth-order valence-electron chi connectivity index (χ4n) is 3.06. The van der Waals surface area contributed by atoms with Crippen LogP contribution in [0.3, 0.4) is 0 Å². The molecule has 2 rings (SSSR count). The van der Waals surface area contributed by atoms with Gasteiger partial charge in [-0.3, -0.25) is 4.79 Å². The molecule has 6 nitrogen and oxygen atoms in total. The van der Waals surface area contributed by atoms with Crippen molar-refractivity contribution < 1.29 is 13.2 Å². The van der Waals surface area contributed by atoms with Crippen LogP contribution in [0, 0.1) is 0 Å². The van der Waals surface area contributed by atoms with Gasteiger partial charge in [0.05, 0.1) is 5.75 Å². The Balaban J connectivity index is 1.85. The van der Waals surface area contributed by atoms with Gasteiger partial charge in [0.2, 0.25) is 15.9 Å². The Labute approximate surface area is 151 Å². The highest BCUT2D eigenvalue weighted by Gasteiger charge is 2.24. The van der Waals surface area contributed by atoms with Gasteiger partial charge in [0.1, 0.15) is 0 Å². The van der Waals surface area contributed by atoms with E-state index in [1.54, 1.807) is 0 Å². The van der Waals surface area contributed by atoms with Gasteiger partial charge in [-0.15, -0.1) is 0 Å². The second-order valence-corrected chi connectivity index (χ2v) is 8.38. The van der Waals surface area contributed by atoms with Gasteiger partial charge < -0.3 is 10.2 Å². The minimum Gasteiger partial charge on any atom is -0.372 e. The highest BCUT2D eigenvalue weighted by atomic mass is 32.2. The van der Waals surface area contributed by atoms with E-state index >= 15 is 0 Å². The molecule has 0 unspecified atom stereocenters. The number of amides is 1. The predicted molar refractivity (Wildman–Crippen MR) is 102 cm³/mol. The first-order chi connectivity index (χ1) is 12.0. The zero-order valence-electron chi connectivity index (χ0n) is 15.2. The third kappa shape index (κ3) is 5.71. The summed E-state index contributed by atoms with van der Waals surface area (Å²) in [4.78, 5) is 14.3. The second kappa shape index (κ2) is 9.20. The fourth-order valence-corrected chi connectivity index (χ4v) is 4.58. The summed E-state index contributed by atoms with van der Waals surface area (Å²) in [6.45, 7) is 7.21. The molecule has 0 radical (unpaired) electrons. The van der Waals surface area contributed by atoms with Gasteiger partial charge in [-0.25, -0.2) is 12.7 Å². The SMILES string of the molecule is CCN(CC)c1ccc(NC(=O)CCS(=O)(=O)N2CCCCC2)cc1. The molecule has 0 saturated carbocycles. The molecule has 1 N–H and O–H groups in total. The molecule has 1 amide bonds. The lowest BCUT2D eigenvalue weighted by Crippen LogP contribution is -2.37. The number of hydrogen-bond donors (Lipinski definition) is 1. The lowest BCUT2D eigenvalue weighted by atomic mass is 10.2. The summed E-state index contributed by atoms with van der Waals surface area (Å²) in [6, 6.07) is 7.63. The van der Waals surface area contributed by atoms with Gasteiger partial charge in [0.15, 0.2) is 0 Å². The summed E-state index contributed by atoms with van der Waals surface area (Å²) in [6.07, 6.45) is 2.88. The van der Waals surface area contributed by atoms with Crippen molar-refractivity contribution in [3.8, 4) is 0 Å². The molecular weight excluding hydrogens is 338 g/mol. The molecule has 1 aliphatic heterocycles. The van der Waals surface area contributed by atoms with Crippen molar-refractivity contribution in [1.82, 2.24) is 4.31 Å². The Kier molecular flexibility index (Phi) is 7.25. The number of nitrogens with one attached hydrogen (secondary N) is 1. The van der Waals surface area contributed by atoms with E-state index < -0.39 is 10.0 Å². The molecule has 1 aliphatic rings. The topological polar surface area (TPSA) is 69.7 Å². The largest absolute Gasteiger partial charge is 0.372 e. The van der Waals surface area contributed by atoms with Crippen LogP contribution in [0.1, 0.15) is 39.5 Å². The zero-order chi connectivity index (χ0) is 18.3. The van der Waals surface area contributed by atoms with Gasteiger partial charge in [-0.05, 0) is 51.0 Å². The molecular formula is C18H29N3O3S. The summed E-state index contributed by atoms with van der Waals surface area (Å²) in [5.41, 5.74) is 1.80.